The van der Waals surface area contributed by atoms with Crippen molar-refractivity contribution in [1.82, 2.24) is 10.6 Å². The Bertz CT molecular complexity index is 769. The lowest BCUT2D eigenvalue weighted by atomic mass is 9.82. The van der Waals surface area contributed by atoms with E-state index in [0.29, 0.717) is 30.9 Å². The predicted molar refractivity (Wildman–Crippen MR) is 144 cm³/mol. The minimum absolute atomic E-state index is 0.0159. The molecule has 7 heteroatoms. The summed E-state index contributed by atoms with van der Waals surface area (Å²) in [6.45, 7) is 1.97. The predicted octanol–water partition coefficient (Wildman–Crippen LogP) is 3.68. The first-order chi connectivity index (χ1) is 16.9. The second kappa shape index (κ2) is 16.1. The van der Waals surface area contributed by atoms with Crippen LogP contribution in [0.4, 0.5) is 0 Å². The summed E-state index contributed by atoms with van der Waals surface area (Å²) in [6, 6.07) is -1.33. The van der Waals surface area contributed by atoms with Gasteiger partial charge >= 0.3 is 0 Å². The molecular weight excluding hydrogens is 460 g/mol. The Morgan fingerprint density at radius 3 is 2.54 bits per heavy atom. The fourth-order valence-electron chi connectivity index (χ4n) is 5.08. The van der Waals surface area contributed by atoms with Crippen LogP contribution in [0.5, 0.6) is 0 Å². The summed E-state index contributed by atoms with van der Waals surface area (Å²) in [6.07, 6.45) is 19.2. The zero-order valence-electron chi connectivity index (χ0n) is 21.1. The number of thiol groups is 1. The molecule has 35 heavy (non-hydrogen) atoms. The van der Waals surface area contributed by atoms with Crippen LogP contribution in [-0.2, 0) is 9.59 Å². The van der Waals surface area contributed by atoms with Crippen molar-refractivity contribution in [2.75, 3.05) is 5.75 Å². The molecule has 2 aliphatic rings. The Hall–Kier alpha value is -1.75. The smallest absolute Gasteiger partial charge is 0.242 e. The Labute approximate surface area is 216 Å². The molecule has 2 rings (SSSR count). The maximum absolute atomic E-state index is 13.3. The normalized spacial score (nSPS) is 20.6. The molecule has 0 spiro atoms. The standard InChI is InChI=1S/C28H44N2O4S/c1-3-11-23(29-27(33)22(19-35)17-20-13-7-5-8-14-20)28(34)30-24(26(32)25(31)12-4-2)18-21-15-9-6-10-16-21/h2,5,7,13,21-26,31-32,35H,3,6,8-12,14-19H2,1H3,(H,29,33)(H,30,34)/t22-,23+,24?,25+,26-/m1/s1. The van der Waals surface area contributed by atoms with E-state index >= 15 is 0 Å². The van der Waals surface area contributed by atoms with Crippen LogP contribution in [-0.4, -0.2) is 52.1 Å². The van der Waals surface area contributed by atoms with E-state index in [1.165, 1.54) is 12.0 Å². The summed E-state index contributed by atoms with van der Waals surface area (Å²) < 4.78 is 0. The molecule has 0 aromatic rings. The molecule has 2 amide bonds. The molecule has 1 saturated carbocycles. The van der Waals surface area contributed by atoms with Crippen molar-refractivity contribution >= 4 is 24.4 Å². The number of carbonyl (C=O) groups excluding carboxylic acids is 2. The van der Waals surface area contributed by atoms with Crippen molar-refractivity contribution < 1.29 is 19.8 Å². The number of nitrogens with one attached hydrogen (secondary N) is 2. The average Bonchev–Trinajstić information content (AvgIpc) is 2.87. The molecule has 5 atom stereocenters. The van der Waals surface area contributed by atoms with Gasteiger partial charge in [0.25, 0.3) is 0 Å². The Kier molecular flexibility index (Phi) is 13.5. The molecule has 196 valence electrons. The first-order valence-electron chi connectivity index (χ1n) is 13.2. The third-order valence-corrected chi connectivity index (χ3v) is 7.62. The van der Waals surface area contributed by atoms with Gasteiger partial charge in [0.1, 0.15) is 12.1 Å². The van der Waals surface area contributed by atoms with Crippen LogP contribution < -0.4 is 10.6 Å². The van der Waals surface area contributed by atoms with E-state index in [1.807, 2.05) is 13.0 Å². The van der Waals surface area contributed by atoms with Gasteiger partial charge in [0.2, 0.25) is 11.8 Å². The molecule has 4 N–H and O–H groups in total. The van der Waals surface area contributed by atoms with E-state index in [9.17, 15) is 19.8 Å². The van der Waals surface area contributed by atoms with Crippen LogP contribution in [0.3, 0.4) is 0 Å². The van der Waals surface area contributed by atoms with E-state index in [-0.39, 0.29) is 24.2 Å². The second-order valence-corrected chi connectivity index (χ2v) is 10.4. The maximum Gasteiger partial charge on any atom is 0.242 e. The third-order valence-electron chi connectivity index (χ3n) is 7.18. The minimum Gasteiger partial charge on any atom is -0.389 e. The highest BCUT2D eigenvalue weighted by molar-refractivity contribution is 7.80. The number of amides is 2. The SMILES string of the molecule is C#CC[C@H](O)[C@H](O)C(CC1CCCCC1)NC(=O)[C@H](CCC)NC(=O)[C@@H](CS)CC1=CC=CCC1. The largest absolute Gasteiger partial charge is 0.389 e. The lowest BCUT2D eigenvalue weighted by Crippen LogP contribution is -2.55. The monoisotopic (exact) mass is 504 g/mol. The molecule has 0 saturated heterocycles. The molecule has 0 aromatic heterocycles. The van der Waals surface area contributed by atoms with Crippen molar-refractivity contribution in [3.63, 3.8) is 0 Å². The van der Waals surface area contributed by atoms with Gasteiger partial charge in [0, 0.05) is 12.2 Å². The van der Waals surface area contributed by atoms with Crippen molar-refractivity contribution in [2.45, 2.75) is 108 Å². The van der Waals surface area contributed by atoms with Gasteiger partial charge in [-0.15, -0.1) is 12.3 Å². The number of terminal acetylenes is 1. The molecule has 0 aromatic carbocycles. The first-order valence-corrected chi connectivity index (χ1v) is 13.9. The third kappa shape index (κ3) is 10.0. The maximum atomic E-state index is 13.3. The lowest BCUT2D eigenvalue weighted by Gasteiger charge is -2.33. The number of aliphatic hydroxyl groups is 2. The number of allylic oxidation sites excluding steroid dienone is 4. The van der Waals surface area contributed by atoms with Gasteiger partial charge in [-0.2, -0.15) is 12.6 Å². The zero-order chi connectivity index (χ0) is 25.6. The number of aliphatic hydroxyl groups excluding tert-OH is 2. The Balaban J connectivity index is 2.07. The van der Waals surface area contributed by atoms with E-state index in [4.69, 9.17) is 6.42 Å². The second-order valence-electron chi connectivity index (χ2n) is 10.0. The summed E-state index contributed by atoms with van der Waals surface area (Å²) in [5.74, 6) is 2.34. The highest BCUT2D eigenvalue weighted by Crippen LogP contribution is 2.29. The van der Waals surface area contributed by atoms with E-state index in [2.05, 4.69) is 41.3 Å². The molecule has 0 aliphatic heterocycles. The zero-order valence-corrected chi connectivity index (χ0v) is 22.0. The van der Waals surface area contributed by atoms with Gasteiger partial charge in [-0.05, 0) is 38.0 Å². The molecule has 1 fully saturated rings. The molecule has 0 bridgehead atoms. The summed E-state index contributed by atoms with van der Waals surface area (Å²) in [4.78, 5) is 26.4. The molecule has 1 unspecified atom stereocenters. The summed E-state index contributed by atoms with van der Waals surface area (Å²) in [5, 5.41) is 27.1. The van der Waals surface area contributed by atoms with Gasteiger partial charge in [0.05, 0.1) is 18.1 Å². The lowest BCUT2D eigenvalue weighted by molar-refractivity contribution is -0.132. The van der Waals surface area contributed by atoms with Crippen LogP contribution >= 0.6 is 12.6 Å². The average molecular weight is 505 g/mol. The number of rotatable bonds is 14. The van der Waals surface area contributed by atoms with Crippen LogP contribution in [0.2, 0.25) is 0 Å². The van der Waals surface area contributed by atoms with Crippen molar-refractivity contribution in [3.05, 3.63) is 23.8 Å². The quantitative estimate of drug-likeness (QED) is 0.184. The number of hydrogen-bond acceptors (Lipinski definition) is 5. The summed E-state index contributed by atoms with van der Waals surface area (Å²) in [5.41, 5.74) is 1.22. The van der Waals surface area contributed by atoms with Gasteiger partial charge in [-0.25, -0.2) is 0 Å². The van der Waals surface area contributed by atoms with Crippen molar-refractivity contribution in [2.24, 2.45) is 11.8 Å². The molecule has 0 heterocycles. The van der Waals surface area contributed by atoms with Gasteiger partial charge in [0.15, 0.2) is 0 Å². The van der Waals surface area contributed by atoms with Gasteiger partial charge in [-0.3, -0.25) is 9.59 Å². The minimum atomic E-state index is -1.16. The van der Waals surface area contributed by atoms with E-state index in [1.54, 1.807) is 0 Å². The van der Waals surface area contributed by atoms with Crippen LogP contribution in [0.1, 0.15) is 84.0 Å². The Morgan fingerprint density at radius 1 is 1.20 bits per heavy atom. The van der Waals surface area contributed by atoms with Crippen LogP contribution in [0.15, 0.2) is 23.8 Å². The van der Waals surface area contributed by atoms with E-state index in [0.717, 1.165) is 44.9 Å². The topological polar surface area (TPSA) is 98.7 Å². The van der Waals surface area contributed by atoms with Gasteiger partial charge in [-0.1, -0.05) is 69.2 Å². The summed E-state index contributed by atoms with van der Waals surface area (Å²) in [7, 11) is 0. The number of carbonyl (C=O) groups is 2. The van der Waals surface area contributed by atoms with E-state index < -0.39 is 24.3 Å². The van der Waals surface area contributed by atoms with Crippen molar-refractivity contribution in [1.29, 1.82) is 0 Å². The molecule has 6 nitrogen and oxygen atoms in total. The van der Waals surface area contributed by atoms with Crippen LogP contribution in [0, 0.1) is 24.2 Å². The molecule has 0 radical (unpaired) electrons. The highest BCUT2D eigenvalue weighted by Gasteiger charge is 2.33. The Morgan fingerprint density at radius 2 is 1.94 bits per heavy atom. The molecular formula is C28H44N2O4S. The summed E-state index contributed by atoms with van der Waals surface area (Å²) >= 11 is 4.40. The number of hydrogen-bond donors (Lipinski definition) is 5. The highest BCUT2D eigenvalue weighted by atomic mass is 32.1. The van der Waals surface area contributed by atoms with Crippen LogP contribution in [0.25, 0.3) is 0 Å². The van der Waals surface area contributed by atoms with Crippen molar-refractivity contribution in [3.8, 4) is 12.3 Å². The van der Waals surface area contributed by atoms with Gasteiger partial charge < -0.3 is 20.8 Å². The first kappa shape index (κ1) is 29.5. The molecule has 2 aliphatic carbocycles. The fourth-order valence-corrected chi connectivity index (χ4v) is 5.38. The fraction of sp³-hybridized carbons (Fsp3) is 0.714.